The molecule has 0 radical (unpaired) electrons. The molecule has 1 fully saturated rings. The van der Waals surface area contributed by atoms with E-state index in [1.807, 2.05) is 10.9 Å². The van der Waals surface area contributed by atoms with Gasteiger partial charge < -0.3 is 4.90 Å². The number of aromatic amines is 1. The second-order valence-electron chi connectivity index (χ2n) is 4.93. The molecule has 3 heterocycles. The van der Waals surface area contributed by atoms with Crippen LogP contribution in [0.3, 0.4) is 0 Å². The van der Waals surface area contributed by atoms with Crippen LogP contribution >= 0.6 is 11.6 Å². The summed E-state index contributed by atoms with van der Waals surface area (Å²) in [6, 6.07) is 0. The van der Waals surface area contributed by atoms with Crippen LogP contribution in [0.15, 0.2) is 18.7 Å². The first-order chi connectivity index (χ1) is 9.31. The van der Waals surface area contributed by atoms with Gasteiger partial charge in [0.05, 0.1) is 17.8 Å². The van der Waals surface area contributed by atoms with Crippen molar-refractivity contribution in [2.24, 2.45) is 0 Å². The Kier molecular flexibility index (Phi) is 3.79. The van der Waals surface area contributed by atoms with E-state index in [-0.39, 0.29) is 0 Å². The molecule has 0 aromatic carbocycles. The van der Waals surface area contributed by atoms with Crippen molar-refractivity contribution < 1.29 is 0 Å². The van der Waals surface area contributed by atoms with Gasteiger partial charge in [-0.25, -0.2) is 4.98 Å². The van der Waals surface area contributed by atoms with Gasteiger partial charge in [-0.3, -0.25) is 9.78 Å². The predicted molar refractivity (Wildman–Crippen MR) is 72.0 cm³/mol. The van der Waals surface area contributed by atoms with E-state index in [1.165, 1.54) is 12.8 Å². The van der Waals surface area contributed by atoms with Crippen molar-refractivity contribution in [3.63, 3.8) is 0 Å². The number of piperidine rings is 1. The molecule has 0 spiro atoms. The fraction of sp³-hybridized carbons (Fsp3) is 0.583. The second-order valence-corrected chi connectivity index (χ2v) is 5.37. The topological polar surface area (TPSA) is 62.6 Å². The fourth-order valence-corrected chi connectivity index (χ4v) is 2.75. The molecule has 1 N–H and O–H groups in total. The van der Waals surface area contributed by atoms with Crippen molar-refractivity contribution in [1.29, 1.82) is 0 Å². The number of hydrogen-bond donors (Lipinski definition) is 1. The zero-order valence-electron chi connectivity index (χ0n) is 10.7. The number of H-pyrrole nitrogens is 1. The smallest absolute Gasteiger partial charge is 0.137 e. The number of likely N-dealkylation sites (tertiary alicyclic amines) is 1. The van der Waals surface area contributed by atoms with Crippen LogP contribution in [0.25, 0.3) is 0 Å². The van der Waals surface area contributed by atoms with Crippen LogP contribution < -0.4 is 0 Å². The normalized spacial score (nSPS) is 20.8. The minimum atomic E-state index is 0.470. The lowest BCUT2D eigenvalue weighted by Crippen LogP contribution is -2.36. The summed E-state index contributed by atoms with van der Waals surface area (Å²) in [6.07, 6.45) is 7.50. The van der Waals surface area contributed by atoms with Crippen LogP contribution in [0.5, 0.6) is 0 Å². The third-order valence-electron chi connectivity index (χ3n) is 3.57. The van der Waals surface area contributed by atoms with Gasteiger partial charge in [0.1, 0.15) is 12.2 Å². The van der Waals surface area contributed by atoms with Crippen molar-refractivity contribution in [2.45, 2.75) is 25.3 Å². The highest BCUT2D eigenvalue weighted by Gasteiger charge is 2.22. The molecule has 102 valence electrons. The number of rotatable bonds is 4. The molecule has 0 bridgehead atoms. The molecule has 0 unspecified atom stereocenters. The fourth-order valence-electron chi connectivity index (χ4n) is 2.60. The van der Waals surface area contributed by atoms with E-state index in [1.54, 1.807) is 12.5 Å². The summed E-state index contributed by atoms with van der Waals surface area (Å²) in [6.45, 7) is 4.03. The predicted octanol–water partition coefficient (Wildman–Crippen LogP) is 1.53. The Morgan fingerprint density at radius 3 is 3.11 bits per heavy atom. The van der Waals surface area contributed by atoms with E-state index < -0.39 is 0 Å². The van der Waals surface area contributed by atoms with E-state index in [0.29, 0.717) is 10.9 Å². The summed E-state index contributed by atoms with van der Waals surface area (Å²) in [5.41, 5.74) is 0. The van der Waals surface area contributed by atoms with E-state index in [4.69, 9.17) is 11.6 Å². The van der Waals surface area contributed by atoms with Gasteiger partial charge in [0.25, 0.3) is 0 Å². The standard InChI is InChI=1S/C12H17ClN6/c13-11-6-16-19(8-11)5-4-18-3-1-2-10(7-18)12-14-9-15-17-12/h6,8-10H,1-5,7H2,(H,14,15,17)/t10-/m0/s1. The third kappa shape index (κ3) is 3.13. The Bertz CT molecular complexity index is 508. The number of nitrogens with zero attached hydrogens (tertiary/aromatic N) is 5. The van der Waals surface area contributed by atoms with Crippen LogP contribution in [-0.2, 0) is 6.54 Å². The average molecular weight is 281 g/mol. The monoisotopic (exact) mass is 280 g/mol. The van der Waals surface area contributed by atoms with Crippen LogP contribution in [0.1, 0.15) is 24.6 Å². The molecule has 2 aromatic rings. The van der Waals surface area contributed by atoms with Gasteiger partial charge in [-0.2, -0.15) is 10.2 Å². The molecule has 3 rings (SSSR count). The lowest BCUT2D eigenvalue weighted by molar-refractivity contribution is 0.195. The highest BCUT2D eigenvalue weighted by Crippen LogP contribution is 2.23. The summed E-state index contributed by atoms with van der Waals surface area (Å²) < 4.78 is 1.89. The van der Waals surface area contributed by atoms with E-state index in [0.717, 1.165) is 32.0 Å². The van der Waals surface area contributed by atoms with Crippen molar-refractivity contribution in [2.75, 3.05) is 19.6 Å². The van der Waals surface area contributed by atoms with Gasteiger partial charge in [-0.15, -0.1) is 0 Å². The molecule has 0 aliphatic carbocycles. The molecule has 1 aliphatic heterocycles. The molecule has 1 atom stereocenters. The number of aromatic nitrogens is 5. The van der Waals surface area contributed by atoms with E-state index >= 15 is 0 Å². The van der Waals surface area contributed by atoms with Crippen LogP contribution in [0.4, 0.5) is 0 Å². The first-order valence-corrected chi connectivity index (χ1v) is 6.94. The summed E-state index contributed by atoms with van der Waals surface area (Å²) in [5, 5.41) is 11.8. The molecular weight excluding hydrogens is 264 g/mol. The molecule has 0 amide bonds. The lowest BCUT2D eigenvalue weighted by atomic mass is 9.97. The first-order valence-electron chi connectivity index (χ1n) is 6.57. The first kappa shape index (κ1) is 12.6. The van der Waals surface area contributed by atoms with Crippen molar-refractivity contribution in [3.8, 4) is 0 Å². The van der Waals surface area contributed by atoms with Crippen molar-refractivity contribution in [3.05, 3.63) is 29.6 Å². The highest BCUT2D eigenvalue weighted by molar-refractivity contribution is 6.30. The molecule has 6 nitrogen and oxygen atoms in total. The Morgan fingerprint density at radius 2 is 2.37 bits per heavy atom. The van der Waals surface area contributed by atoms with E-state index in [2.05, 4.69) is 25.2 Å². The van der Waals surface area contributed by atoms with Gasteiger partial charge in [0, 0.05) is 25.2 Å². The molecule has 7 heteroatoms. The maximum absolute atomic E-state index is 5.86. The zero-order valence-corrected chi connectivity index (χ0v) is 11.4. The van der Waals surface area contributed by atoms with Gasteiger partial charge in [0.15, 0.2) is 0 Å². The quantitative estimate of drug-likeness (QED) is 0.923. The van der Waals surface area contributed by atoms with Gasteiger partial charge >= 0.3 is 0 Å². The molecule has 2 aromatic heterocycles. The Labute approximate surface area is 116 Å². The number of nitrogens with one attached hydrogen (secondary N) is 1. The minimum Gasteiger partial charge on any atom is -0.301 e. The van der Waals surface area contributed by atoms with Crippen molar-refractivity contribution >= 4 is 11.6 Å². The number of hydrogen-bond acceptors (Lipinski definition) is 4. The maximum Gasteiger partial charge on any atom is 0.137 e. The Balaban J connectivity index is 1.54. The van der Waals surface area contributed by atoms with Gasteiger partial charge in [0.2, 0.25) is 0 Å². The molecule has 1 saturated heterocycles. The highest BCUT2D eigenvalue weighted by atomic mass is 35.5. The van der Waals surface area contributed by atoms with Gasteiger partial charge in [-0.1, -0.05) is 11.6 Å². The van der Waals surface area contributed by atoms with Crippen molar-refractivity contribution in [1.82, 2.24) is 29.9 Å². The number of halogens is 1. The Hall–Kier alpha value is -1.40. The largest absolute Gasteiger partial charge is 0.301 e. The average Bonchev–Trinajstić information content (AvgIpc) is 3.08. The van der Waals surface area contributed by atoms with Crippen LogP contribution in [0, 0.1) is 0 Å². The Morgan fingerprint density at radius 1 is 1.42 bits per heavy atom. The minimum absolute atomic E-state index is 0.470. The van der Waals surface area contributed by atoms with Crippen LogP contribution in [-0.4, -0.2) is 49.5 Å². The molecular formula is C12H17ClN6. The summed E-state index contributed by atoms with van der Waals surface area (Å²) in [4.78, 5) is 6.72. The van der Waals surface area contributed by atoms with E-state index in [9.17, 15) is 0 Å². The lowest BCUT2D eigenvalue weighted by Gasteiger charge is -2.31. The summed E-state index contributed by atoms with van der Waals surface area (Å²) in [5.74, 6) is 1.48. The van der Waals surface area contributed by atoms with Gasteiger partial charge in [-0.05, 0) is 19.4 Å². The second kappa shape index (κ2) is 5.71. The molecule has 0 saturated carbocycles. The molecule has 1 aliphatic rings. The summed E-state index contributed by atoms with van der Waals surface area (Å²) in [7, 11) is 0. The maximum atomic E-state index is 5.86. The van der Waals surface area contributed by atoms with Crippen LogP contribution in [0.2, 0.25) is 5.02 Å². The third-order valence-corrected chi connectivity index (χ3v) is 3.77. The molecule has 19 heavy (non-hydrogen) atoms. The zero-order chi connectivity index (χ0) is 13.1. The SMILES string of the molecule is Clc1cnn(CCN2CCC[C@H](c3ncn[nH]3)C2)c1. The summed E-state index contributed by atoms with van der Waals surface area (Å²) >= 11 is 5.86.